The third-order valence-corrected chi connectivity index (χ3v) is 6.01. The molecule has 2 rings (SSSR count). The lowest BCUT2D eigenvalue weighted by Crippen LogP contribution is -2.13. The Hall–Kier alpha value is -1.66. The first kappa shape index (κ1) is 15.7. The molecule has 3 heteroatoms. The Morgan fingerprint density at radius 2 is 1.33 bits per heavy atom. The number of unbranched alkanes of at least 4 members (excludes halogenated alkanes) is 2. The van der Waals surface area contributed by atoms with Gasteiger partial charge in [0, 0.05) is 6.42 Å². The van der Waals surface area contributed by atoms with Crippen LogP contribution in [0.2, 0.25) is 0 Å². The number of hydrogen-bond donors (Lipinski definition) is 1. The summed E-state index contributed by atoms with van der Waals surface area (Å²) in [6, 6.07) is 21.3. The largest absolute Gasteiger partial charge is 0.481 e. The molecule has 0 heterocycles. The third-order valence-electron chi connectivity index (χ3n) is 3.41. The number of hydrogen-bond acceptors (Lipinski definition) is 1. The quantitative estimate of drug-likeness (QED) is 0.595. The first-order valence-corrected chi connectivity index (χ1v) is 8.89. The van der Waals surface area contributed by atoms with Crippen LogP contribution in [0, 0.1) is 0 Å². The fourth-order valence-corrected chi connectivity index (χ4v) is 4.76. The number of carbonyl (C=O) groups is 1. The highest BCUT2D eigenvalue weighted by atomic mass is 31.1. The molecule has 0 fully saturated rings. The van der Waals surface area contributed by atoms with E-state index in [1.807, 2.05) is 0 Å². The van der Waals surface area contributed by atoms with Crippen LogP contribution < -0.4 is 10.6 Å². The second-order valence-electron chi connectivity index (χ2n) is 5.03. The monoisotopic (exact) mass is 300 g/mol. The molecule has 0 aromatic heterocycles. The molecule has 21 heavy (non-hydrogen) atoms. The topological polar surface area (TPSA) is 37.3 Å². The molecule has 2 nitrogen and oxygen atoms in total. The van der Waals surface area contributed by atoms with Crippen LogP contribution in [-0.2, 0) is 4.79 Å². The van der Waals surface area contributed by atoms with Gasteiger partial charge in [0.05, 0.1) is 0 Å². The average Bonchev–Trinajstić information content (AvgIpc) is 2.52. The standard InChI is InChI=1S/C18H21O2P/c19-18(20)14-8-3-9-15-21(16-10-4-1-5-11-16)17-12-6-2-7-13-17/h1-2,4-7,10-13H,3,8-9,14-15H2,(H,19,20). The summed E-state index contributed by atoms with van der Waals surface area (Å²) in [5, 5.41) is 11.5. The van der Waals surface area contributed by atoms with Crippen molar-refractivity contribution in [3.05, 3.63) is 60.7 Å². The Balaban J connectivity index is 1.99. The highest BCUT2D eigenvalue weighted by Crippen LogP contribution is 2.34. The van der Waals surface area contributed by atoms with E-state index in [9.17, 15) is 4.79 Å². The van der Waals surface area contributed by atoms with Crippen molar-refractivity contribution in [3.8, 4) is 0 Å². The van der Waals surface area contributed by atoms with E-state index in [1.165, 1.54) is 10.6 Å². The highest BCUT2D eigenvalue weighted by Gasteiger charge is 2.12. The van der Waals surface area contributed by atoms with Crippen molar-refractivity contribution < 1.29 is 9.90 Å². The molecule has 0 spiro atoms. The molecule has 110 valence electrons. The van der Waals surface area contributed by atoms with Crippen LogP contribution in [0.1, 0.15) is 25.7 Å². The van der Waals surface area contributed by atoms with Crippen molar-refractivity contribution in [2.45, 2.75) is 25.7 Å². The van der Waals surface area contributed by atoms with Crippen LogP contribution in [0.5, 0.6) is 0 Å². The zero-order valence-electron chi connectivity index (χ0n) is 12.1. The van der Waals surface area contributed by atoms with Gasteiger partial charge >= 0.3 is 5.97 Å². The summed E-state index contributed by atoms with van der Waals surface area (Å²) in [6.07, 6.45) is 4.27. The van der Waals surface area contributed by atoms with Crippen LogP contribution in [0.25, 0.3) is 0 Å². The molecule has 0 aliphatic heterocycles. The number of rotatable bonds is 8. The van der Waals surface area contributed by atoms with Gasteiger partial charge in [-0.25, -0.2) is 0 Å². The van der Waals surface area contributed by atoms with Gasteiger partial charge < -0.3 is 5.11 Å². The maximum Gasteiger partial charge on any atom is 0.303 e. The first-order chi connectivity index (χ1) is 10.3. The number of benzene rings is 2. The van der Waals surface area contributed by atoms with Crippen LogP contribution in [-0.4, -0.2) is 17.2 Å². The van der Waals surface area contributed by atoms with E-state index in [2.05, 4.69) is 60.7 Å². The molecule has 0 saturated carbocycles. The van der Waals surface area contributed by atoms with E-state index in [0.29, 0.717) is 0 Å². The lowest BCUT2D eigenvalue weighted by Gasteiger charge is -2.18. The maximum absolute atomic E-state index is 10.5. The normalized spacial score (nSPS) is 10.7. The van der Waals surface area contributed by atoms with E-state index < -0.39 is 5.97 Å². The summed E-state index contributed by atoms with van der Waals surface area (Å²) in [6.45, 7) is 0. The fraction of sp³-hybridized carbons (Fsp3) is 0.278. The summed E-state index contributed by atoms with van der Waals surface area (Å²) >= 11 is 0. The van der Waals surface area contributed by atoms with Gasteiger partial charge in [-0.3, -0.25) is 4.79 Å². The molecule has 0 saturated heterocycles. The third kappa shape index (κ3) is 5.32. The number of carboxylic acids is 1. The maximum atomic E-state index is 10.5. The van der Waals surface area contributed by atoms with E-state index in [4.69, 9.17) is 5.11 Å². The zero-order valence-corrected chi connectivity index (χ0v) is 13.0. The number of aliphatic carboxylic acids is 1. The average molecular weight is 300 g/mol. The SMILES string of the molecule is O=C(O)CCCCCP(c1ccccc1)c1ccccc1. The second kappa shape index (κ2) is 8.59. The van der Waals surface area contributed by atoms with Gasteiger partial charge in [-0.1, -0.05) is 67.1 Å². The van der Waals surface area contributed by atoms with E-state index in [0.717, 1.165) is 25.4 Å². The molecule has 2 aromatic rings. The lowest BCUT2D eigenvalue weighted by atomic mass is 10.2. The molecule has 0 radical (unpaired) electrons. The minimum Gasteiger partial charge on any atom is -0.481 e. The molecular weight excluding hydrogens is 279 g/mol. The Morgan fingerprint density at radius 1 is 0.810 bits per heavy atom. The molecule has 0 unspecified atom stereocenters. The van der Waals surface area contributed by atoms with Gasteiger partial charge in [-0.05, 0) is 37.5 Å². The van der Waals surface area contributed by atoms with Crippen LogP contribution in [0.15, 0.2) is 60.7 Å². The summed E-state index contributed by atoms with van der Waals surface area (Å²) < 4.78 is 0. The molecule has 2 aromatic carbocycles. The van der Waals surface area contributed by atoms with E-state index >= 15 is 0 Å². The first-order valence-electron chi connectivity index (χ1n) is 7.37. The Kier molecular flexibility index (Phi) is 6.43. The minimum atomic E-state index is -0.691. The minimum absolute atomic E-state index is 0.286. The Morgan fingerprint density at radius 3 is 1.81 bits per heavy atom. The molecule has 0 atom stereocenters. The van der Waals surface area contributed by atoms with Crippen molar-refractivity contribution in [3.63, 3.8) is 0 Å². The predicted octanol–water partition coefficient (Wildman–Crippen LogP) is 3.76. The van der Waals surface area contributed by atoms with E-state index in [-0.39, 0.29) is 14.3 Å². The van der Waals surface area contributed by atoms with Crippen molar-refractivity contribution >= 4 is 24.5 Å². The smallest absolute Gasteiger partial charge is 0.303 e. The lowest BCUT2D eigenvalue weighted by molar-refractivity contribution is -0.137. The summed E-state index contributed by atoms with van der Waals surface area (Å²) in [5.41, 5.74) is 0. The van der Waals surface area contributed by atoms with Crippen molar-refractivity contribution in [1.29, 1.82) is 0 Å². The zero-order chi connectivity index (χ0) is 14.9. The Bertz CT molecular complexity index is 500. The number of carboxylic acid groups (broad SMARTS) is 1. The van der Waals surface area contributed by atoms with Crippen LogP contribution in [0.3, 0.4) is 0 Å². The van der Waals surface area contributed by atoms with Gasteiger partial charge in [-0.2, -0.15) is 0 Å². The predicted molar refractivity (Wildman–Crippen MR) is 90.0 cm³/mol. The van der Waals surface area contributed by atoms with Crippen molar-refractivity contribution in [2.24, 2.45) is 0 Å². The van der Waals surface area contributed by atoms with Crippen LogP contribution in [0.4, 0.5) is 0 Å². The molecule has 0 bridgehead atoms. The molecule has 0 aliphatic rings. The molecular formula is C18H21O2P. The molecule has 0 aliphatic carbocycles. The molecule has 1 N–H and O–H groups in total. The Labute approximate surface area is 127 Å². The van der Waals surface area contributed by atoms with Gasteiger partial charge in [-0.15, -0.1) is 0 Å². The van der Waals surface area contributed by atoms with Gasteiger partial charge in [0.25, 0.3) is 0 Å². The second-order valence-corrected chi connectivity index (χ2v) is 7.36. The van der Waals surface area contributed by atoms with E-state index in [1.54, 1.807) is 0 Å². The summed E-state index contributed by atoms with van der Waals surface area (Å²) in [7, 11) is -0.330. The van der Waals surface area contributed by atoms with Crippen LogP contribution >= 0.6 is 7.92 Å². The van der Waals surface area contributed by atoms with Crippen molar-refractivity contribution in [2.75, 3.05) is 6.16 Å². The fourth-order valence-electron chi connectivity index (χ4n) is 2.35. The summed E-state index contributed by atoms with van der Waals surface area (Å²) in [5.74, 6) is -0.691. The summed E-state index contributed by atoms with van der Waals surface area (Å²) in [4.78, 5) is 10.5. The van der Waals surface area contributed by atoms with Crippen molar-refractivity contribution in [1.82, 2.24) is 0 Å². The molecule has 0 amide bonds. The highest BCUT2D eigenvalue weighted by molar-refractivity contribution is 7.73. The van der Waals surface area contributed by atoms with Gasteiger partial charge in [0.2, 0.25) is 0 Å². The van der Waals surface area contributed by atoms with Gasteiger partial charge in [0.15, 0.2) is 0 Å². The van der Waals surface area contributed by atoms with Gasteiger partial charge in [0.1, 0.15) is 0 Å².